The minimum atomic E-state index is -0.554. The Morgan fingerprint density at radius 1 is 0.769 bits per heavy atom. The van der Waals surface area contributed by atoms with E-state index in [1.165, 1.54) is 19.3 Å². The Labute approximate surface area is 164 Å². The Bertz CT molecular complexity index is 355. The molecule has 0 aromatic rings. The summed E-state index contributed by atoms with van der Waals surface area (Å²) >= 11 is 0. The third kappa shape index (κ3) is 5.99. The third-order valence-electron chi connectivity index (χ3n) is 7.06. The first kappa shape index (κ1) is 25.5. The van der Waals surface area contributed by atoms with Crippen LogP contribution in [0.15, 0.2) is 0 Å². The van der Waals surface area contributed by atoms with Gasteiger partial charge in [-0.05, 0) is 43.4 Å². The lowest BCUT2D eigenvalue weighted by Gasteiger charge is -2.53. The van der Waals surface area contributed by atoms with E-state index in [1.54, 1.807) is 0 Å². The largest absolute Gasteiger partial charge is 0.481 e. The molecule has 0 bridgehead atoms. The molecule has 0 saturated heterocycles. The van der Waals surface area contributed by atoms with Crippen molar-refractivity contribution in [2.75, 3.05) is 0 Å². The molecule has 1 N–H and O–H groups in total. The van der Waals surface area contributed by atoms with Crippen molar-refractivity contribution in [3.05, 3.63) is 0 Å². The summed E-state index contributed by atoms with van der Waals surface area (Å²) in [5.74, 6) is 0.0176. The summed E-state index contributed by atoms with van der Waals surface area (Å²) in [6.45, 7) is 13.4. The molecule has 2 unspecified atom stereocenters. The van der Waals surface area contributed by atoms with Gasteiger partial charge >= 0.3 is 5.97 Å². The number of carboxylic acids is 1. The lowest BCUT2D eigenvalue weighted by molar-refractivity contribution is -0.168. The van der Waals surface area contributed by atoms with Crippen LogP contribution in [0.4, 0.5) is 0 Å². The fourth-order valence-electron chi connectivity index (χ4n) is 5.44. The zero-order valence-electron chi connectivity index (χ0n) is 18.8. The van der Waals surface area contributed by atoms with Crippen LogP contribution in [0, 0.1) is 16.7 Å². The molecule has 2 atom stereocenters. The summed E-state index contributed by atoms with van der Waals surface area (Å²) in [7, 11) is 0. The molecule has 0 aliphatic heterocycles. The molecular formula is C24H48O2. The van der Waals surface area contributed by atoms with Crippen LogP contribution in [0.5, 0.6) is 0 Å². The molecule has 2 nitrogen and oxygen atoms in total. The Kier molecular flexibility index (Phi) is 13.3. The first-order chi connectivity index (χ1) is 12.5. The van der Waals surface area contributed by atoms with Gasteiger partial charge < -0.3 is 5.11 Å². The van der Waals surface area contributed by atoms with Crippen LogP contribution in [0.2, 0.25) is 0 Å². The fraction of sp³-hybridized carbons (Fsp3) is 0.958. The van der Waals surface area contributed by atoms with E-state index >= 15 is 0 Å². The minimum Gasteiger partial charge on any atom is -0.481 e. The average molecular weight is 369 g/mol. The molecular weight excluding hydrogens is 320 g/mol. The van der Waals surface area contributed by atoms with E-state index in [4.69, 9.17) is 0 Å². The second-order valence-corrected chi connectivity index (χ2v) is 8.46. The SMILES string of the molecule is CCCCC(CC)C(CCCC)(CCCC)C(CC)(CCCC)C(=O)O. The van der Waals surface area contributed by atoms with Crippen molar-refractivity contribution in [1.29, 1.82) is 0 Å². The maximum Gasteiger partial charge on any atom is 0.310 e. The Balaban J connectivity index is 6.30. The molecule has 0 aromatic carbocycles. The van der Waals surface area contributed by atoms with E-state index in [1.807, 2.05) is 0 Å². The maximum atomic E-state index is 12.8. The molecule has 0 aliphatic rings. The minimum absolute atomic E-state index is 0.0430. The topological polar surface area (TPSA) is 37.3 Å². The molecule has 0 radical (unpaired) electrons. The summed E-state index contributed by atoms with van der Waals surface area (Å²) in [6, 6.07) is 0. The fourth-order valence-corrected chi connectivity index (χ4v) is 5.44. The smallest absolute Gasteiger partial charge is 0.310 e. The average Bonchev–Trinajstić information content (AvgIpc) is 2.64. The summed E-state index contributed by atoms with van der Waals surface area (Å²) < 4.78 is 0. The predicted molar refractivity (Wildman–Crippen MR) is 115 cm³/mol. The lowest BCUT2D eigenvalue weighted by Crippen LogP contribution is -2.52. The van der Waals surface area contributed by atoms with Gasteiger partial charge in [0.2, 0.25) is 0 Å². The lowest BCUT2D eigenvalue weighted by atomic mass is 9.49. The number of rotatable bonds is 17. The molecule has 0 amide bonds. The highest BCUT2D eigenvalue weighted by atomic mass is 16.4. The zero-order valence-corrected chi connectivity index (χ0v) is 18.8. The molecule has 26 heavy (non-hydrogen) atoms. The highest BCUT2D eigenvalue weighted by molar-refractivity contribution is 5.76. The maximum absolute atomic E-state index is 12.8. The van der Waals surface area contributed by atoms with Gasteiger partial charge in [-0.3, -0.25) is 4.79 Å². The summed E-state index contributed by atoms with van der Waals surface area (Å²) in [5, 5.41) is 10.6. The van der Waals surface area contributed by atoms with E-state index in [0.717, 1.165) is 70.6 Å². The standard InChI is InChI=1S/C24H48O2/c1-7-13-17-21(11-5)24(19-15-9-3,20-16-10-4)23(12-6,22(25)26)18-14-8-2/h21H,7-20H2,1-6H3,(H,25,26). The van der Waals surface area contributed by atoms with Crippen molar-refractivity contribution in [3.8, 4) is 0 Å². The molecule has 0 saturated carbocycles. The van der Waals surface area contributed by atoms with Gasteiger partial charge in [-0.25, -0.2) is 0 Å². The van der Waals surface area contributed by atoms with Crippen LogP contribution in [-0.2, 0) is 4.79 Å². The van der Waals surface area contributed by atoms with Gasteiger partial charge in [0.15, 0.2) is 0 Å². The zero-order chi connectivity index (χ0) is 20.1. The van der Waals surface area contributed by atoms with E-state index in [0.29, 0.717) is 5.92 Å². The highest BCUT2D eigenvalue weighted by Crippen LogP contribution is 2.59. The molecule has 0 fully saturated rings. The third-order valence-corrected chi connectivity index (χ3v) is 7.06. The number of carboxylic acid groups (broad SMARTS) is 1. The van der Waals surface area contributed by atoms with Gasteiger partial charge in [-0.15, -0.1) is 0 Å². The van der Waals surface area contributed by atoms with Gasteiger partial charge in [0.25, 0.3) is 0 Å². The molecule has 0 aliphatic carbocycles. The summed E-state index contributed by atoms with van der Waals surface area (Å²) in [4.78, 5) is 12.8. The van der Waals surface area contributed by atoms with E-state index < -0.39 is 11.4 Å². The quantitative estimate of drug-likeness (QED) is 0.280. The predicted octanol–water partition coefficient (Wildman–Crippen LogP) is 8.24. The Hall–Kier alpha value is -0.530. The number of hydrogen-bond acceptors (Lipinski definition) is 1. The van der Waals surface area contributed by atoms with Gasteiger partial charge in [0, 0.05) is 0 Å². The Morgan fingerprint density at radius 2 is 1.23 bits per heavy atom. The van der Waals surface area contributed by atoms with Crippen molar-refractivity contribution in [2.45, 2.75) is 131 Å². The van der Waals surface area contributed by atoms with Crippen molar-refractivity contribution < 1.29 is 9.90 Å². The summed E-state index contributed by atoms with van der Waals surface area (Å²) in [5.41, 5.74) is -0.597. The van der Waals surface area contributed by atoms with Crippen LogP contribution < -0.4 is 0 Å². The second-order valence-electron chi connectivity index (χ2n) is 8.46. The highest BCUT2D eigenvalue weighted by Gasteiger charge is 2.56. The number of carbonyl (C=O) groups is 1. The molecule has 0 aromatic heterocycles. The molecule has 0 spiro atoms. The first-order valence-corrected chi connectivity index (χ1v) is 11.7. The molecule has 156 valence electrons. The summed E-state index contributed by atoms with van der Waals surface area (Å²) in [6.07, 6.45) is 15.3. The normalized spacial score (nSPS) is 15.6. The van der Waals surface area contributed by atoms with E-state index in [-0.39, 0.29) is 5.41 Å². The van der Waals surface area contributed by atoms with Crippen LogP contribution in [0.3, 0.4) is 0 Å². The number of hydrogen-bond donors (Lipinski definition) is 1. The van der Waals surface area contributed by atoms with Crippen LogP contribution in [0.1, 0.15) is 131 Å². The molecule has 0 heterocycles. The van der Waals surface area contributed by atoms with E-state index in [2.05, 4.69) is 41.5 Å². The van der Waals surface area contributed by atoms with Crippen LogP contribution >= 0.6 is 0 Å². The van der Waals surface area contributed by atoms with Crippen molar-refractivity contribution in [3.63, 3.8) is 0 Å². The number of aliphatic carboxylic acids is 1. The van der Waals surface area contributed by atoms with Crippen molar-refractivity contribution in [1.82, 2.24) is 0 Å². The monoisotopic (exact) mass is 368 g/mol. The van der Waals surface area contributed by atoms with Gasteiger partial charge in [-0.2, -0.15) is 0 Å². The van der Waals surface area contributed by atoms with Gasteiger partial charge in [0.1, 0.15) is 0 Å². The van der Waals surface area contributed by atoms with Crippen LogP contribution in [-0.4, -0.2) is 11.1 Å². The van der Waals surface area contributed by atoms with Crippen molar-refractivity contribution >= 4 is 5.97 Å². The molecule has 0 rings (SSSR count). The van der Waals surface area contributed by atoms with Gasteiger partial charge in [0.05, 0.1) is 5.41 Å². The second kappa shape index (κ2) is 13.6. The Morgan fingerprint density at radius 3 is 1.58 bits per heavy atom. The number of unbranched alkanes of at least 4 members (excludes halogenated alkanes) is 4. The van der Waals surface area contributed by atoms with Crippen LogP contribution in [0.25, 0.3) is 0 Å². The molecule has 2 heteroatoms. The van der Waals surface area contributed by atoms with Gasteiger partial charge in [-0.1, -0.05) is 99.3 Å². The first-order valence-electron chi connectivity index (χ1n) is 11.7. The van der Waals surface area contributed by atoms with E-state index in [9.17, 15) is 9.90 Å². The van der Waals surface area contributed by atoms with Crippen molar-refractivity contribution in [2.24, 2.45) is 16.7 Å².